The van der Waals surface area contributed by atoms with Crippen LogP contribution < -0.4 is 4.74 Å². The third kappa shape index (κ3) is 3.08. The largest absolute Gasteiger partial charge is 0.486 e. The fourth-order valence-electron chi connectivity index (χ4n) is 3.08. The summed E-state index contributed by atoms with van der Waals surface area (Å²) < 4.78 is 13.5. The molecule has 0 aliphatic heterocycles. The van der Waals surface area contributed by atoms with E-state index in [0.29, 0.717) is 13.2 Å². The lowest BCUT2D eigenvalue weighted by molar-refractivity contribution is 0.291. The van der Waals surface area contributed by atoms with Crippen LogP contribution in [0, 0.1) is 20.8 Å². The van der Waals surface area contributed by atoms with Gasteiger partial charge in [-0.3, -0.25) is 0 Å². The molecule has 4 aromatic rings. The van der Waals surface area contributed by atoms with Crippen molar-refractivity contribution in [3.05, 3.63) is 76.9 Å². The summed E-state index contributed by atoms with van der Waals surface area (Å²) in [6.45, 7) is 7.03. The van der Waals surface area contributed by atoms with Crippen molar-refractivity contribution in [1.82, 2.24) is 14.7 Å². The first-order valence-electron chi connectivity index (χ1n) is 8.67. The minimum Gasteiger partial charge on any atom is -0.486 e. The Morgan fingerprint density at radius 2 is 1.77 bits per heavy atom. The predicted molar refractivity (Wildman–Crippen MR) is 100 cm³/mol. The number of aromatic nitrogens is 3. The van der Waals surface area contributed by atoms with Crippen molar-refractivity contribution in [2.45, 2.75) is 33.9 Å². The fraction of sp³-hybridized carbons (Fsp3) is 0.238. The zero-order chi connectivity index (χ0) is 18.1. The molecule has 0 bridgehead atoms. The molecule has 26 heavy (non-hydrogen) atoms. The van der Waals surface area contributed by atoms with Crippen LogP contribution in [-0.2, 0) is 13.2 Å². The van der Waals surface area contributed by atoms with E-state index in [1.165, 1.54) is 5.56 Å². The van der Waals surface area contributed by atoms with Gasteiger partial charge in [0.2, 0.25) is 0 Å². The lowest BCUT2D eigenvalue weighted by Gasteiger charge is -2.10. The summed E-state index contributed by atoms with van der Waals surface area (Å²) in [5, 5.41) is 4.07. The minimum atomic E-state index is 0.404. The summed E-state index contributed by atoms with van der Waals surface area (Å²) in [5.41, 5.74) is 5.25. The Labute approximate surface area is 152 Å². The van der Waals surface area contributed by atoms with Crippen molar-refractivity contribution in [2.24, 2.45) is 0 Å². The average Bonchev–Trinajstić information content (AvgIpc) is 3.16. The lowest BCUT2D eigenvalue weighted by Crippen LogP contribution is -2.09. The molecule has 0 radical (unpaired) electrons. The van der Waals surface area contributed by atoms with E-state index >= 15 is 0 Å². The Bertz CT molecular complexity index is 1030. The number of para-hydroxylation sites is 2. The van der Waals surface area contributed by atoms with E-state index in [2.05, 4.69) is 22.7 Å². The molecule has 0 aliphatic carbocycles. The molecule has 0 aliphatic rings. The number of aryl methyl sites for hydroxylation is 3. The molecule has 2 heterocycles. The fourth-order valence-corrected chi connectivity index (χ4v) is 3.08. The van der Waals surface area contributed by atoms with E-state index in [-0.39, 0.29) is 0 Å². The van der Waals surface area contributed by atoms with Gasteiger partial charge in [-0.15, -0.1) is 0 Å². The first-order valence-corrected chi connectivity index (χ1v) is 8.67. The molecule has 0 saturated heterocycles. The van der Waals surface area contributed by atoms with Crippen molar-refractivity contribution in [2.75, 3.05) is 0 Å². The summed E-state index contributed by atoms with van der Waals surface area (Å²) in [5.74, 6) is 2.56. The average molecular weight is 347 g/mol. The Kier molecular flexibility index (Phi) is 4.21. The van der Waals surface area contributed by atoms with Gasteiger partial charge in [0.15, 0.2) is 0 Å². The van der Waals surface area contributed by atoms with Gasteiger partial charge in [-0.2, -0.15) is 0 Å². The molecule has 2 aromatic carbocycles. The van der Waals surface area contributed by atoms with Gasteiger partial charge in [0.1, 0.15) is 23.9 Å². The van der Waals surface area contributed by atoms with E-state index in [1.54, 1.807) is 0 Å². The summed E-state index contributed by atoms with van der Waals surface area (Å²) in [7, 11) is 0. The highest BCUT2D eigenvalue weighted by molar-refractivity contribution is 5.76. The summed E-state index contributed by atoms with van der Waals surface area (Å²) in [6.07, 6.45) is 0. The van der Waals surface area contributed by atoms with Crippen molar-refractivity contribution in [3.8, 4) is 5.75 Å². The monoisotopic (exact) mass is 347 g/mol. The number of ether oxygens (including phenoxy) is 1. The Balaban J connectivity index is 1.68. The van der Waals surface area contributed by atoms with Crippen LogP contribution in [0.25, 0.3) is 11.0 Å². The number of hydrogen-bond acceptors (Lipinski definition) is 4. The molecule has 5 heteroatoms. The third-order valence-electron chi connectivity index (χ3n) is 4.62. The van der Waals surface area contributed by atoms with Crippen molar-refractivity contribution in [3.63, 3.8) is 0 Å². The third-order valence-corrected chi connectivity index (χ3v) is 4.62. The minimum absolute atomic E-state index is 0.404. The van der Waals surface area contributed by atoms with Crippen LogP contribution in [0.15, 0.2) is 53.1 Å². The van der Waals surface area contributed by atoms with Crippen molar-refractivity contribution in [1.29, 1.82) is 0 Å². The molecule has 4 rings (SSSR count). The normalized spacial score (nSPS) is 11.2. The van der Waals surface area contributed by atoms with Gasteiger partial charge in [0.25, 0.3) is 0 Å². The van der Waals surface area contributed by atoms with E-state index < -0.39 is 0 Å². The van der Waals surface area contributed by atoms with Gasteiger partial charge >= 0.3 is 0 Å². The van der Waals surface area contributed by atoms with Gasteiger partial charge in [-0.25, -0.2) is 4.98 Å². The second-order valence-electron chi connectivity index (χ2n) is 6.51. The Hall–Kier alpha value is -3.08. The number of fused-ring (bicyclic) bond motifs is 1. The molecule has 132 valence electrons. The summed E-state index contributed by atoms with van der Waals surface area (Å²) in [6, 6.07) is 16.2. The van der Waals surface area contributed by atoms with E-state index in [9.17, 15) is 0 Å². The SMILES string of the molecule is Cc1ccc(OCc2nc3ccccc3n2Cc2c(C)noc2C)cc1. The number of hydrogen-bond donors (Lipinski definition) is 0. The number of rotatable bonds is 5. The molecular weight excluding hydrogens is 326 g/mol. The maximum absolute atomic E-state index is 5.97. The molecule has 0 N–H and O–H groups in total. The smallest absolute Gasteiger partial charge is 0.148 e. The molecular formula is C21H21N3O2. The lowest BCUT2D eigenvalue weighted by atomic mass is 10.2. The topological polar surface area (TPSA) is 53.1 Å². The van der Waals surface area contributed by atoms with E-state index in [4.69, 9.17) is 14.2 Å². The van der Waals surface area contributed by atoms with E-state index in [1.807, 2.05) is 56.3 Å². The zero-order valence-electron chi connectivity index (χ0n) is 15.2. The highest BCUT2D eigenvalue weighted by atomic mass is 16.5. The van der Waals surface area contributed by atoms with Crippen molar-refractivity contribution >= 4 is 11.0 Å². The molecule has 0 amide bonds. The Morgan fingerprint density at radius 1 is 1.00 bits per heavy atom. The zero-order valence-corrected chi connectivity index (χ0v) is 15.2. The highest BCUT2D eigenvalue weighted by Gasteiger charge is 2.16. The highest BCUT2D eigenvalue weighted by Crippen LogP contribution is 2.22. The first-order chi connectivity index (χ1) is 12.6. The van der Waals surface area contributed by atoms with Gasteiger partial charge in [0, 0.05) is 5.56 Å². The van der Waals surface area contributed by atoms with Gasteiger partial charge < -0.3 is 13.8 Å². The molecule has 5 nitrogen and oxygen atoms in total. The number of nitrogens with zero attached hydrogens (tertiary/aromatic N) is 3. The predicted octanol–water partition coefficient (Wildman–Crippen LogP) is 4.58. The van der Waals surface area contributed by atoms with E-state index in [0.717, 1.165) is 39.6 Å². The van der Waals surface area contributed by atoms with Crippen LogP contribution in [0.4, 0.5) is 0 Å². The quantitative estimate of drug-likeness (QED) is 0.530. The number of benzene rings is 2. The summed E-state index contributed by atoms with van der Waals surface area (Å²) in [4.78, 5) is 4.77. The Morgan fingerprint density at radius 3 is 2.50 bits per heavy atom. The maximum atomic E-state index is 5.97. The standard InChI is InChI=1S/C21H21N3O2/c1-14-8-10-17(11-9-14)25-13-21-22-19-6-4-5-7-20(19)24(21)12-18-15(2)23-26-16(18)3/h4-11H,12-13H2,1-3H3. The van der Waals surface area contributed by atoms with Crippen LogP contribution in [0.3, 0.4) is 0 Å². The van der Waals surface area contributed by atoms with Gasteiger partial charge in [-0.1, -0.05) is 35.0 Å². The second kappa shape index (κ2) is 6.67. The van der Waals surface area contributed by atoms with Crippen molar-refractivity contribution < 1.29 is 9.26 Å². The molecule has 2 aromatic heterocycles. The molecule has 0 fully saturated rings. The second-order valence-corrected chi connectivity index (χ2v) is 6.51. The molecule has 0 atom stereocenters. The van der Waals surface area contributed by atoms with Crippen LogP contribution in [0.5, 0.6) is 5.75 Å². The van der Waals surface area contributed by atoms with Gasteiger partial charge in [-0.05, 0) is 45.0 Å². The summed E-state index contributed by atoms with van der Waals surface area (Å²) >= 11 is 0. The molecule has 0 unspecified atom stereocenters. The van der Waals surface area contributed by atoms with Crippen LogP contribution in [0.1, 0.15) is 28.4 Å². The number of imidazole rings is 1. The first kappa shape index (κ1) is 16.4. The van der Waals surface area contributed by atoms with Gasteiger partial charge in [0.05, 0.1) is 23.3 Å². The molecule has 0 spiro atoms. The van der Waals surface area contributed by atoms with Crippen LogP contribution in [-0.4, -0.2) is 14.7 Å². The molecule has 0 saturated carbocycles. The van der Waals surface area contributed by atoms with Crippen LogP contribution >= 0.6 is 0 Å². The van der Waals surface area contributed by atoms with Crippen LogP contribution in [0.2, 0.25) is 0 Å². The maximum Gasteiger partial charge on any atom is 0.148 e.